The van der Waals surface area contributed by atoms with E-state index in [-0.39, 0.29) is 12.8 Å². The van der Waals surface area contributed by atoms with Gasteiger partial charge in [-0.15, -0.1) is 0 Å². The van der Waals surface area contributed by atoms with E-state index in [1.807, 2.05) is 0 Å². The summed E-state index contributed by atoms with van der Waals surface area (Å²) in [5.74, 6) is -2.91. The maximum absolute atomic E-state index is 11.3. The van der Waals surface area contributed by atoms with Crippen LogP contribution in [0.4, 0.5) is 0 Å². The van der Waals surface area contributed by atoms with Crippen molar-refractivity contribution < 1.29 is 29.4 Å². The Morgan fingerprint density at radius 3 is 2.12 bits per heavy atom. The van der Waals surface area contributed by atoms with Gasteiger partial charge in [-0.2, -0.15) is 0 Å². The van der Waals surface area contributed by atoms with Gasteiger partial charge in [-0.1, -0.05) is 0 Å². The van der Waals surface area contributed by atoms with Gasteiger partial charge in [0, 0.05) is 6.42 Å². The molecule has 0 radical (unpaired) electrons. The van der Waals surface area contributed by atoms with Gasteiger partial charge >= 0.3 is 11.9 Å². The molecule has 1 unspecified atom stereocenters. The lowest BCUT2D eigenvalue weighted by Gasteiger charge is -2.19. The normalized spacial score (nSPS) is 11.6. The van der Waals surface area contributed by atoms with Crippen molar-refractivity contribution in [1.82, 2.24) is 3.11 Å². The fourth-order valence-electron chi connectivity index (χ4n) is 0.866. The largest absolute Gasteiger partial charge is 0.481 e. The Morgan fingerprint density at radius 1 is 1.19 bits per heavy atom. The van der Waals surface area contributed by atoms with Crippen LogP contribution in [0.25, 0.3) is 0 Å². The van der Waals surface area contributed by atoms with Crippen LogP contribution < -0.4 is 0 Å². The van der Waals surface area contributed by atoms with E-state index in [4.69, 9.17) is 10.2 Å². The monoisotopic (exact) mass is 343 g/mol. The van der Waals surface area contributed by atoms with Crippen LogP contribution in [-0.2, 0) is 19.2 Å². The van der Waals surface area contributed by atoms with Crippen LogP contribution in [0.15, 0.2) is 0 Å². The summed E-state index contributed by atoms with van der Waals surface area (Å²) in [6.45, 7) is 0. The average molecular weight is 343 g/mol. The molecule has 90 valence electrons. The molecule has 0 aliphatic heterocycles. The van der Waals surface area contributed by atoms with Crippen LogP contribution in [0.2, 0.25) is 0 Å². The van der Waals surface area contributed by atoms with E-state index in [1.165, 1.54) is 22.9 Å². The number of carbonyl (C=O) groups excluding carboxylic acids is 2. The predicted octanol–water partition coefficient (Wildman–Crippen LogP) is 0.0720. The van der Waals surface area contributed by atoms with Crippen molar-refractivity contribution in [1.29, 1.82) is 0 Å². The van der Waals surface area contributed by atoms with Crippen LogP contribution in [0.5, 0.6) is 0 Å². The number of nitrogens with zero attached hydrogens (tertiary/aromatic N) is 1. The molecule has 0 saturated heterocycles. The highest BCUT2D eigenvalue weighted by molar-refractivity contribution is 14.1. The van der Waals surface area contributed by atoms with Crippen LogP contribution in [0.1, 0.15) is 19.3 Å². The summed E-state index contributed by atoms with van der Waals surface area (Å²) in [7, 11) is 0. The Labute approximate surface area is 105 Å². The Morgan fingerprint density at radius 2 is 1.75 bits per heavy atom. The summed E-state index contributed by atoms with van der Waals surface area (Å²) < 4.78 is 0.918. The van der Waals surface area contributed by atoms with Crippen molar-refractivity contribution in [3.63, 3.8) is 0 Å². The van der Waals surface area contributed by atoms with E-state index in [0.717, 1.165) is 3.11 Å². The molecule has 0 spiro atoms. The first-order valence-electron chi connectivity index (χ1n) is 4.25. The van der Waals surface area contributed by atoms with E-state index in [0.29, 0.717) is 6.29 Å². The second-order valence-corrected chi connectivity index (χ2v) is 3.94. The molecule has 0 aromatic heterocycles. The van der Waals surface area contributed by atoms with E-state index in [2.05, 4.69) is 0 Å². The Balaban J connectivity index is 4.32. The molecule has 0 aromatic carbocycles. The molecule has 2 N–H and O–H groups in total. The number of carboxylic acids is 2. The highest BCUT2D eigenvalue weighted by atomic mass is 127. The second-order valence-electron chi connectivity index (χ2n) is 2.90. The van der Waals surface area contributed by atoms with Gasteiger partial charge in [-0.3, -0.25) is 17.5 Å². The van der Waals surface area contributed by atoms with Crippen LogP contribution in [-0.4, -0.2) is 43.5 Å². The molecule has 8 heteroatoms. The zero-order chi connectivity index (χ0) is 12.7. The van der Waals surface area contributed by atoms with E-state index >= 15 is 0 Å². The van der Waals surface area contributed by atoms with Crippen LogP contribution in [0.3, 0.4) is 0 Å². The lowest BCUT2D eigenvalue weighted by molar-refractivity contribution is -0.142. The van der Waals surface area contributed by atoms with Crippen LogP contribution >= 0.6 is 22.9 Å². The molecule has 0 aromatic rings. The van der Waals surface area contributed by atoms with Crippen molar-refractivity contribution in [2.24, 2.45) is 0 Å². The average Bonchev–Trinajstić information content (AvgIpc) is 2.21. The van der Waals surface area contributed by atoms with Gasteiger partial charge in [-0.05, 0) is 0 Å². The van der Waals surface area contributed by atoms with Crippen molar-refractivity contribution in [3.8, 4) is 0 Å². The lowest BCUT2D eigenvalue weighted by Crippen LogP contribution is -2.35. The maximum Gasteiger partial charge on any atom is 0.305 e. The number of rotatable bonds is 7. The smallest absolute Gasteiger partial charge is 0.305 e. The van der Waals surface area contributed by atoms with Crippen molar-refractivity contribution >= 4 is 47.0 Å². The third-order valence-corrected chi connectivity index (χ3v) is 2.88. The number of carbonyl (C=O) groups is 4. The SMILES string of the molecule is O=CC(CC(=O)O)N(I)C(=O)CCC(=O)O. The minimum absolute atomic E-state index is 0.262. The first-order chi connectivity index (χ1) is 7.38. The van der Waals surface area contributed by atoms with Crippen molar-refractivity contribution in [3.05, 3.63) is 0 Å². The fraction of sp³-hybridized carbons (Fsp3) is 0.500. The van der Waals surface area contributed by atoms with Gasteiger partial charge in [0.15, 0.2) is 0 Å². The molecule has 16 heavy (non-hydrogen) atoms. The summed E-state index contributed by atoms with van der Waals surface area (Å²) in [5.41, 5.74) is 0. The second kappa shape index (κ2) is 7.14. The first kappa shape index (κ1) is 14.8. The zero-order valence-corrected chi connectivity index (χ0v) is 10.3. The number of aldehydes is 1. The van der Waals surface area contributed by atoms with Gasteiger partial charge in [0.25, 0.3) is 0 Å². The standard InChI is InChI=1S/C8H10INO6/c9-10(5(4-11)3-8(15)16)6(12)1-2-7(13)14/h4-5H,1-3H2,(H,13,14)(H,15,16). The number of halogens is 1. The quantitative estimate of drug-likeness (QED) is 0.384. The Bertz CT molecular complexity index is 305. The minimum atomic E-state index is -1.20. The van der Waals surface area contributed by atoms with Gasteiger partial charge in [0.2, 0.25) is 5.91 Å². The molecule has 0 heterocycles. The maximum atomic E-state index is 11.3. The molecule has 0 aliphatic carbocycles. The molecule has 7 nitrogen and oxygen atoms in total. The molecule has 1 amide bonds. The van der Waals surface area contributed by atoms with Crippen molar-refractivity contribution in [2.45, 2.75) is 25.3 Å². The topological polar surface area (TPSA) is 112 Å². The summed E-state index contributed by atoms with van der Waals surface area (Å²) in [6, 6.07) is -1.07. The number of aliphatic carboxylic acids is 2. The van der Waals surface area contributed by atoms with E-state index in [1.54, 1.807) is 0 Å². The summed E-state index contributed by atoms with van der Waals surface area (Å²) >= 11 is 1.51. The number of hydrogen-bond donors (Lipinski definition) is 2. The Kier molecular flexibility index (Phi) is 6.61. The fourth-order valence-corrected chi connectivity index (χ4v) is 1.44. The molecule has 1 atom stereocenters. The lowest BCUT2D eigenvalue weighted by atomic mass is 10.2. The third kappa shape index (κ3) is 5.63. The zero-order valence-electron chi connectivity index (χ0n) is 8.13. The summed E-state index contributed by atoms with van der Waals surface area (Å²) in [6.07, 6.45) is -0.760. The van der Waals surface area contributed by atoms with E-state index in [9.17, 15) is 19.2 Å². The van der Waals surface area contributed by atoms with Crippen molar-refractivity contribution in [2.75, 3.05) is 0 Å². The number of hydrogen-bond acceptors (Lipinski definition) is 4. The molecule has 0 saturated carbocycles. The molecular formula is C8H10INO6. The molecule has 0 bridgehead atoms. The highest BCUT2D eigenvalue weighted by Gasteiger charge is 2.23. The third-order valence-electron chi connectivity index (χ3n) is 1.62. The van der Waals surface area contributed by atoms with Gasteiger partial charge in [0.05, 0.1) is 35.7 Å². The molecular weight excluding hydrogens is 333 g/mol. The molecule has 0 aliphatic rings. The summed E-state index contributed by atoms with van der Waals surface area (Å²) in [4.78, 5) is 42.5. The Hall–Kier alpha value is -1.19. The minimum Gasteiger partial charge on any atom is -0.481 e. The first-order valence-corrected chi connectivity index (χ1v) is 5.21. The van der Waals surface area contributed by atoms with Gasteiger partial charge in [-0.25, -0.2) is 0 Å². The van der Waals surface area contributed by atoms with Crippen LogP contribution in [0, 0.1) is 0 Å². The molecule has 0 rings (SSSR count). The van der Waals surface area contributed by atoms with E-state index < -0.39 is 30.3 Å². The number of amides is 1. The summed E-state index contributed by atoms with van der Waals surface area (Å²) in [5, 5.41) is 16.8. The van der Waals surface area contributed by atoms with Gasteiger partial charge in [0.1, 0.15) is 12.3 Å². The highest BCUT2D eigenvalue weighted by Crippen LogP contribution is 2.12. The number of carboxylic acid groups (broad SMARTS) is 2. The molecule has 0 fully saturated rings. The predicted molar refractivity (Wildman–Crippen MR) is 59.8 cm³/mol. The van der Waals surface area contributed by atoms with Gasteiger partial charge < -0.3 is 15.0 Å².